The summed E-state index contributed by atoms with van der Waals surface area (Å²) < 4.78 is 5.30. The normalized spacial score (nSPS) is 14.7. The molecule has 2 aromatic carbocycles. The van der Waals surface area contributed by atoms with Crippen molar-refractivity contribution in [2.24, 2.45) is 5.92 Å². The molecule has 7 heteroatoms. The Morgan fingerprint density at radius 3 is 2.23 bits per heavy atom. The summed E-state index contributed by atoms with van der Waals surface area (Å²) in [4.78, 5) is 39.4. The van der Waals surface area contributed by atoms with Crippen LogP contribution >= 0.6 is 11.3 Å². The molecule has 1 aliphatic carbocycles. The minimum Gasteiger partial charge on any atom is -0.460 e. The fourth-order valence-electron chi connectivity index (χ4n) is 4.13. The molecule has 2 amide bonds. The van der Waals surface area contributed by atoms with E-state index in [1.54, 1.807) is 24.3 Å². The highest BCUT2D eigenvalue weighted by Gasteiger charge is 2.28. The molecule has 6 nitrogen and oxygen atoms in total. The fraction of sp³-hybridized carbons (Fsp3) is 0.321. The van der Waals surface area contributed by atoms with Crippen molar-refractivity contribution in [2.45, 2.75) is 40.0 Å². The monoisotopic (exact) mass is 490 g/mol. The van der Waals surface area contributed by atoms with E-state index in [1.165, 1.54) is 11.3 Å². The number of nitrogens with one attached hydrogen (secondary N) is 2. The number of aryl methyl sites for hydroxylation is 2. The van der Waals surface area contributed by atoms with Gasteiger partial charge >= 0.3 is 5.97 Å². The van der Waals surface area contributed by atoms with E-state index in [9.17, 15) is 14.4 Å². The molecule has 1 atom stereocenters. The number of amides is 2. The van der Waals surface area contributed by atoms with Crippen molar-refractivity contribution in [3.63, 3.8) is 0 Å². The molecular formula is C28H30N2O4S. The molecule has 1 aliphatic rings. The number of ether oxygens (including phenoxy) is 1. The second-order valence-corrected chi connectivity index (χ2v) is 10.2. The summed E-state index contributed by atoms with van der Waals surface area (Å²) in [7, 11) is 0. The van der Waals surface area contributed by atoms with Crippen LogP contribution in [-0.2, 0) is 17.6 Å². The lowest BCUT2D eigenvalue weighted by Gasteiger charge is -2.18. The maximum absolute atomic E-state index is 13.2. The lowest BCUT2D eigenvalue weighted by molar-refractivity contribution is 0.0503. The van der Waals surface area contributed by atoms with Crippen LogP contribution in [-0.4, -0.2) is 30.9 Å². The highest BCUT2D eigenvalue weighted by molar-refractivity contribution is 7.17. The van der Waals surface area contributed by atoms with Crippen molar-refractivity contribution in [3.8, 4) is 0 Å². The number of hydrogen-bond donors (Lipinski definition) is 2. The molecular weight excluding hydrogens is 460 g/mol. The van der Waals surface area contributed by atoms with Crippen LogP contribution < -0.4 is 10.6 Å². The molecule has 1 aromatic heterocycles. The van der Waals surface area contributed by atoms with E-state index < -0.39 is 5.97 Å². The van der Waals surface area contributed by atoms with E-state index in [-0.39, 0.29) is 25.0 Å². The Balaban J connectivity index is 1.43. The van der Waals surface area contributed by atoms with Gasteiger partial charge in [-0.15, -0.1) is 11.3 Å². The van der Waals surface area contributed by atoms with Crippen molar-refractivity contribution in [1.82, 2.24) is 5.32 Å². The third-order valence-corrected chi connectivity index (χ3v) is 7.36. The quantitative estimate of drug-likeness (QED) is 0.346. The summed E-state index contributed by atoms with van der Waals surface area (Å²) in [5.41, 5.74) is 4.70. The van der Waals surface area contributed by atoms with Crippen LogP contribution in [0.1, 0.15) is 66.0 Å². The van der Waals surface area contributed by atoms with Crippen LogP contribution in [0.5, 0.6) is 0 Å². The van der Waals surface area contributed by atoms with Gasteiger partial charge in [-0.25, -0.2) is 4.79 Å². The van der Waals surface area contributed by atoms with Crippen LogP contribution in [0.2, 0.25) is 0 Å². The fourth-order valence-corrected chi connectivity index (χ4v) is 5.53. The second-order valence-electron chi connectivity index (χ2n) is 9.13. The number of rotatable bonds is 7. The third kappa shape index (κ3) is 5.98. The van der Waals surface area contributed by atoms with Crippen molar-refractivity contribution >= 4 is 34.1 Å². The van der Waals surface area contributed by atoms with Crippen molar-refractivity contribution in [1.29, 1.82) is 0 Å². The zero-order valence-corrected chi connectivity index (χ0v) is 21.1. The Labute approximate surface area is 209 Å². The zero-order valence-electron chi connectivity index (χ0n) is 20.3. The van der Waals surface area contributed by atoms with Crippen molar-refractivity contribution < 1.29 is 19.1 Å². The van der Waals surface area contributed by atoms with Gasteiger partial charge in [0, 0.05) is 10.4 Å². The first-order valence-electron chi connectivity index (χ1n) is 11.9. The number of esters is 1. The van der Waals surface area contributed by atoms with E-state index in [1.807, 2.05) is 38.1 Å². The van der Waals surface area contributed by atoms with Crippen molar-refractivity contribution in [2.75, 3.05) is 18.5 Å². The molecule has 3 aromatic rings. The predicted molar refractivity (Wildman–Crippen MR) is 138 cm³/mol. The van der Waals surface area contributed by atoms with Gasteiger partial charge in [0.1, 0.15) is 11.6 Å². The van der Waals surface area contributed by atoms with Gasteiger partial charge in [0.05, 0.1) is 17.7 Å². The van der Waals surface area contributed by atoms with Gasteiger partial charge in [0.15, 0.2) is 0 Å². The summed E-state index contributed by atoms with van der Waals surface area (Å²) >= 11 is 1.48. The molecule has 0 aliphatic heterocycles. The predicted octanol–water partition coefficient (Wildman–Crippen LogP) is 5.33. The summed E-state index contributed by atoms with van der Waals surface area (Å²) in [6.45, 7) is 6.37. The van der Waals surface area contributed by atoms with Gasteiger partial charge in [0.2, 0.25) is 0 Å². The third-order valence-electron chi connectivity index (χ3n) is 6.19. The number of benzene rings is 2. The number of fused-ring (bicyclic) bond motifs is 1. The SMILES string of the molecule is Cc1ccc(C(=O)Nc2sc3c(c2C(=O)NCCOC(=O)c2ccc(C)cc2)CC[C@H](C)C3)cc1. The Bertz CT molecular complexity index is 1230. The first-order chi connectivity index (χ1) is 16.8. The van der Waals surface area contributed by atoms with E-state index in [4.69, 9.17) is 4.74 Å². The number of hydrogen-bond acceptors (Lipinski definition) is 5. The molecule has 4 rings (SSSR count). The van der Waals surface area contributed by atoms with Crippen LogP contribution in [0.15, 0.2) is 48.5 Å². The number of carbonyl (C=O) groups is 3. The standard InChI is InChI=1S/C28H30N2O4S/c1-17-4-9-20(10-5-17)25(31)30-27-24(22-13-8-19(3)16-23(22)35-27)26(32)29-14-15-34-28(33)21-11-6-18(2)7-12-21/h4-7,9-12,19H,8,13-16H2,1-3H3,(H,29,32)(H,30,31)/t19-/m0/s1. The molecule has 2 N–H and O–H groups in total. The van der Waals surface area contributed by atoms with E-state index in [0.717, 1.165) is 40.8 Å². The minimum atomic E-state index is -0.424. The van der Waals surface area contributed by atoms with Gasteiger partial charge in [-0.05, 0) is 68.9 Å². The molecule has 1 heterocycles. The van der Waals surface area contributed by atoms with Gasteiger partial charge in [-0.1, -0.05) is 42.3 Å². The van der Waals surface area contributed by atoms with Gasteiger partial charge in [-0.3, -0.25) is 9.59 Å². The summed E-state index contributed by atoms with van der Waals surface area (Å²) in [6.07, 6.45) is 2.71. The highest BCUT2D eigenvalue weighted by atomic mass is 32.1. The first kappa shape index (κ1) is 24.7. The van der Waals surface area contributed by atoms with E-state index in [2.05, 4.69) is 17.6 Å². The molecule has 0 saturated heterocycles. The molecule has 0 spiro atoms. The minimum absolute atomic E-state index is 0.0624. The van der Waals surface area contributed by atoms with Crippen LogP contribution in [0.25, 0.3) is 0 Å². The molecule has 182 valence electrons. The molecule has 0 fully saturated rings. The second kappa shape index (κ2) is 10.9. The summed E-state index contributed by atoms with van der Waals surface area (Å²) in [6, 6.07) is 14.5. The Kier molecular flexibility index (Phi) is 7.66. The molecule has 0 unspecified atom stereocenters. The molecule has 0 bridgehead atoms. The Morgan fingerprint density at radius 2 is 1.57 bits per heavy atom. The smallest absolute Gasteiger partial charge is 0.338 e. The number of carbonyl (C=O) groups excluding carboxylic acids is 3. The summed E-state index contributed by atoms with van der Waals surface area (Å²) in [5, 5.41) is 6.40. The molecule has 35 heavy (non-hydrogen) atoms. The largest absolute Gasteiger partial charge is 0.460 e. The van der Waals surface area contributed by atoms with Crippen LogP contribution in [0, 0.1) is 19.8 Å². The van der Waals surface area contributed by atoms with Crippen molar-refractivity contribution in [3.05, 3.63) is 86.8 Å². The first-order valence-corrected chi connectivity index (χ1v) is 12.7. The van der Waals surface area contributed by atoms with Crippen LogP contribution in [0.4, 0.5) is 5.00 Å². The topological polar surface area (TPSA) is 84.5 Å². The Morgan fingerprint density at radius 1 is 0.943 bits per heavy atom. The lowest BCUT2D eigenvalue weighted by atomic mass is 9.88. The number of anilines is 1. The van der Waals surface area contributed by atoms with Gasteiger partial charge in [-0.2, -0.15) is 0 Å². The van der Waals surface area contributed by atoms with Crippen LogP contribution in [0.3, 0.4) is 0 Å². The van der Waals surface area contributed by atoms with E-state index in [0.29, 0.717) is 27.6 Å². The zero-order chi connectivity index (χ0) is 24.9. The average molecular weight is 491 g/mol. The maximum Gasteiger partial charge on any atom is 0.338 e. The van der Waals surface area contributed by atoms with Gasteiger partial charge in [0.25, 0.3) is 11.8 Å². The summed E-state index contributed by atoms with van der Waals surface area (Å²) in [5.74, 6) is -0.383. The molecule has 0 radical (unpaired) electrons. The molecule has 0 saturated carbocycles. The number of thiophene rings is 1. The van der Waals surface area contributed by atoms with Gasteiger partial charge < -0.3 is 15.4 Å². The van der Waals surface area contributed by atoms with E-state index >= 15 is 0 Å². The lowest BCUT2D eigenvalue weighted by Crippen LogP contribution is -2.29. The highest BCUT2D eigenvalue weighted by Crippen LogP contribution is 2.39. The average Bonchev–Trinajstić information content (AvgIpc) is 3.19. The maximum atomic E-state index is 13.2. The Hall–Kier alpha value is -3.45.